The molecule has 0 saturated carbocycles. The molecule has 0 spiro atoms. The summed E-state index contributed by atoms with van der Waals surface area (Å²) in [4.78, 5) is 11.8. The minimum absolute atomic E-state index is 0.834. The minimum atomic E-state index is 0.834. The van der Waals surface area contributed by atoms with Gasteiger partial charge in [0, 0.05) is 18.3 Å². The highest BCUT2D eigenvalue weighted by Crippen LogP contribution is 2.10. The third-order valence-corrected chi connectivity index (χ3v) is 3.84. The van der Waals surface area contributed by atoms with E-state index in [1.54, 1.807) is 0 Å². The lowest BCUT2D eigenvalue weighted by atomic mass is 10.1. The maximum atomic E-state index is 4.84. The van der Waals surface area contributed by atoms with Gasteiger partial charge in [0.05, 0.1) is 18.0 Å². The quantitative estimate of drug-likeness (QED) is 0.787. The molecule has 1 aromatic carbocycles. The smallest absolute Gasteiger partial charge is 0.0903 e. The second-order valence-electron chi connectivity index (χ2n) is 5.36. The van der Waals surface area contributed by atoms with Crippen molar-refractivity contribution in [2.45, 2.75) is 12.8 Å². The Balaban J connectivity index is 1.78. The van der Waals surface area contributed by atoms with E-state index in [2.05, 4.69) is 22.0 Å². The Morgan fingerprint density at radius 3 is 2.48 bits per heavy atom. The Morgan fingerprint density at radius 1 is 1.00 bits per heavy atom. The standard InChI is InChI=1S/C18H21N3/c1-2-8-16(9-3-1)18(17-10-4-5-11-19-17)20-12-15-21-13-6-7-14-21/h1-5,8-11H,6-7,12-15H2. The molecule has 3 nitrogen and oxygen atoms in total. The zero-order valence-electron chi connectivity index (χ0n) is 12.3. The largest absolute Gasteiger partial charge is 0.301 e. The van der Waals surface area contributed by atoms with Gasteiger partial charge in [-0.05, 0) is 38.1 Å². The highest BCUT2D eigenvalue weighted by Gasteiger charge is 2.11. The highest BCUT2D eigenvalue weighted by atomic mass is 15.1. The highest BCUT2D eigenvalue weighted by molar-refractivity contribution is 6.11. The van der Waals surface area contributed by atoms with Gasteiger partial charge in [-0.3, -0.25) is 9.98 Å². The van der Waals surface area contributed by atoms with Gasteiger partial charge < -0.3 is 4.90 Å². The van der Waals surface area contributed by atoms with Gasteiger partial charge in [-0.2, -0.15) is 0 Å². The third kappa shape index (κ3) is 3.76. The second kappa shape index (κ2) is 7.14. The van der Waals surface area contributed by atoms with E-state index in [-0.39, 0.29) is 0 Å². The van der Waals surface area contributed by atoms with E-state index in [0.717, 1.165) is 30.1 Å². The molecule has 1 aromatic heterocycles. The van der Waals surface area contributed by atoms with Crippen LogP contribution in [0.1, 0.15) is 24.1 Å². The van der Waals surface area contributed by atoms with Crippen molar-refractivity contribution in [2.75, 3.05) is 26.2 Å². The number of benzene rings is 1. The first-order chi connectivity index (χ1) is 10.4. The first-order valence-corrected chi connectivity index (χ1v) is 7.67. The number of aliphatic imine (C=N–C) groups is 1. The van der Waals surface area contributed by atoms with Crippen molar-refractivity contribution in [3.05, 3.63) is 66.0 Å². The maximum absolute atomic E-state index is 4.84. The van der Waals surface area contributed by atoms with Crippen molar-refractivity contribution in [1.29, 1.82) is 0 Å². The predicted molar refractivity (Wildman–Crippen MR) is 86.9 cm³/mol. The lowest BCUT2D eigenvalue weighted by molar-refractivity contribution is 0.349. The van der Waals surface area contributed by atoms with E-state index in [1.165, 1.54) is 25.9 Å². The molecule has 3 rings (SSSR count). The molecule has 0 unspecified atom stereocenters. The summed E-state index contributed by atoms with van der Waals surface area (Å²) in [6, 6.07) is 16.3. The third-order valence-electron chi connectivity index (χ3n) is 3.84. The van der Waals surface area contributed by atoms with Gasteiger partial charge in [0.2, 0.25) is 0 Å². The summed E-state index contributed by atoms with van der Waals surface area (Å²) < 4.78 is 0. The fourth-order valence-corrected chi connectivity index (χ4v) is 2.73. The van der Waals surface area contributed by atoms with Crippen LogP contribution < -0.4 is 0 Å². The lowest BCUT2D eigenvalue weighted by Crippen LogP contribution is -2.23. The Bertz CT molecular complexity index is 530. The molecule has 108 valence electrons. The Morgan fingerprint density at radius 2 is 1.76 bits per heavy atom. The van der Waals surface area contributed by atoms with Gasteiger partial charge in [-0.1, -0.05) is 36.4 Å². The molecule has 0 N–H and O–H groups in total. The fraction of sp³-hybridized carbons (Fsp3) is 0.333. The average Bonchev–Trinajstić information content (AvgIpc) is 3.07. The molecule has 1 saturated heterocycles. The summed E-state index contributed by atoms with van der Waals surface area (Å²) in [5.74, 6) is 0. The van der Waals surface area contributed by atoms with E-state index in [4.69, 9.17) is 4.99 Å². The van der Waals surface area contributed by atoms with Crippen LogP contribution in [0.4, 0.5) is 0 Å². The number of aromatic nitrogens is 1. The number of hydrogen-bond acceptors (Lipinski definition) is 3. The van der Waals surface area contributed by atoms with Crippen LogP contribution in [0.25, 0.3) is 0 Å². The van der Waals surface area contributed by atoms with Crippen molar-refractivity contribution in [2.24, 2.45) is 4.99 Å². The van der Waals surface area contributed by atoms with Crippen LogP contribution in [-0.4, -0.2) is 41.8 Å². The van der Waals surface area contributed by atoms with Crippen molar-refractivity contribution in [3.63, 3.8) is 0 Å². The molecule has 21 heavy (non-hydrogen) atoms. The van der Waals surface area contributed by atoms with Crippen LogP contribution in [0, 0.1) is 0 Å². The number of likely N-dealkylation sites (tertiary alicyclic amines) is 1. The molecular weight excluding hydrogens is 258 g/mol. The van der Waals surface area contributed by atoms with Crippen LogP contribution in [0.3, 0.4) is 0 Å². The van der Waals surface area contributed by atoms with Gasteiger partial charge in [-0.25, -0.2) is 0 Å². The SMILES string of the molecule is c1ccc(C(=NCCN2CCCC2)c2ccccn2)cc1. The van der Waals surface area contributed by atoms with Crippen molar-refractivity contribution < 1.29 is 0 Å². The Hall–Kier alpha value is -2.00. The molecule has 0 bridgehead atoms. The number of hydrogen-bond donors (Lipinski definition) is 0. The first kappa shape index (κ1) is 14.0. The van der Waals surface area contributed by atoms with Gasteiger partial charge >= 0.3 is 0 Å². The topological polar surface area (TPSA) is 28.5 Å². The van der Waals surface area contributed by atoms with E-state index in [9.17, 15) is 0 Å². The maximum Gasteiger partial charge on any atom is 0.0903 e. The molecule has 0 atom stereocenters. The van der Waals surface area contributed by atoms with Crippen molar-refractivity contribution in [3.8, 4) is 0 Å². The van der Waals surface area contributed by atoms with E-state index in [1.807, 2.05) is 42.6 Å². The Kier molecular flexibility index (Phi) is 4.74. The summed E-state index contributed by atoms with van der Waals surface area (Å²) in [5.41, 5.74) is 3.08. The van der Waals surface area contributed by atoms with Crippen LogP contribution in [-0.2, 0) is 0 Å². The van der Waals surface area contributed by atoms with Gasteiger partial charge in [-0.15, -0.1) is 0 Å². The van der Waals surface area contributed by atoms with Crippen LogP contribution in [0.15, 0.2) is 59.7 Å². The summed E-state index contributed by atoms with van der Waals surface area (Å²) in [7, 11) is 0. The second-order valence-corrected chi connectivity index (χ2v) is 5.36. The van der Waals surface area contributed by atoms with E-state index in [0.29, 0.717) is 0 Å². The number of nitrogens with zero attached hydrogens (tertiary/aromatic N) is 3. The first-order valence-electron chi connectivity index (χ1n) is 7.67. The van der Waals surface area contributed by atoms with Gasteiger partial charge in [0.15, 0.2) is 0 Å². The van der Waals surface area contributed by atoms with Crippen LogP contribution in [0.2, 0.25) is 0 Å². The molecule has 0 aliphatic carbocycles. The van der Waals surface area contributed by atoms with Crippen molar-refractivity contribution in [1.82, 2.24) is 9.88 Å². The molecule has 1 aliphatic heterocycles. The summed E-state index contributed by atoms with van der Waals surface area (Å²) in [6.45, 7) is 4.32. The molecule has 2 heterocycles. The molecule has 1 fully saturated rings. The fourth-order valence-electron chi connectivity index (χ4n) is 2.73. The zero-order valence-corrected chi connectivity index (χ0v) is 12.3. The molecule has 0 amide bonds. The summed E-state index contributed by atoms with van der Waals surface area (Å²) >= 11 is 0. The monoisotopic (exact) mass is 279 g/mol. The molecule has 3 heteroatoms. The van der Waals surface area contributed by atoms with Crippen LogP contribution in [0.5, 0.6) is 0 Å². The minimum Gasteiger partial charge on any atom is -0.301 e. The van der Waals surface area contributed by atoms with Crippen molar-refractivity contribution >= 4 is 5.71 Å². The average molecular weight is 279 g/mol. The summed E-state index contributed by atoms with van der Waals surface area (Å²) in [6.07, 6.45) is 4.49. The Labute approximate surface area is 126 Å². The molecule has 1 aliphatic rings. The van der Waals surface area contributed by atoms with Gasteiger partial charge in [0.25, 0.3) is 0 Å². The predicted octanol–water partition coefficient (Wildman–Crippen LogP) is 3.01. The molecular formula is C18H21N3. The summed E-state index contributed by atoms with van der Waals surface area (Å²) in [5, 5.41) is 0. The normalized spacial score (nSPS) is 16.3. The number of rotatable bonds is 5. The zero-order chi connectivity index (χ0) is 14.3. The van der Waals surface area contributed by atoms with Crippen LogP contribution >= 0.6 is 0 Å². The van der Waals surface area contributed by atoms with Gasteiger partial charge in [0.1, 0.15) is 0 Å². The number of pyridine rings is 1. The molecule has 0 radical (unpaired) electrons. The van der Waals surface area contributed by atoms with E-state index >= 15 is 0 Å². The molecule has 2 aromatic rings. The van der Waals surface area contributed by atoms with E-state index < -0.39 is 0 Å². The lowest BCUT2D eigenvalue weighted by Gasteiger charge is -2.13.